The topological polar surface area (TPSA) is 145 Å². The first-order valence-electron chi connectivity index (χ1n) is 16.2. The predicted octanol–water partition coefficient (Wildman–Crippen LogP) is 4.27. The molecule has 302 valence electrons. The number of nitrogens with two attached hydrogens (primary N) is 1. The number of ketones is 1. The predicted molar refractivity (Wildman–Crippen MR) is 163 cm³/mol. The van der Waals surface area contributed by atoms with Gasteiger partial charge in [-0.3, -0.25) is 14.4 Å². The molecule has 2 aromatic heterocycles. The Bertz CT molecular complexity index is 2130. The van der Waals surface area contributed by atoms with Crippen molar-refractivity contribution in [2.24, 2.45) is 5.73 Å². The standard InChI is InChI=1S/C16H15F6N5O.C16H12F6N4O2/c17-10-6-12(19)11(18)4-8(10)3-9(23)5-14(28)26-1-2-27-13(7-26)24-25-15(27)16(20,21)22;17-10-6-12(19)11(18)4-8(10)3-9(27)5-14(28)25-1-2-26-13(7-25)23-24-15(26)16(20,21)22/h4,6,9H,1-3,5,7,23H2;4,6H,1-3,5,7H2/t9-;/m1./s1. The molecule has 2 aromatic carbocycles. The van der Waals surface area contributed by atoms with Gasteiger partial charge in [-0.2, -0.15) is 26.3 Å². The Morgan fingerprint density at radius 1 is 0.607 bits per heavy atom. The summed E-state index contributed by atoms with van der Waals surface area (Å²) < 4.78 is 158. The van der Waals surface area contributed by atoms with Crippen molar-refractivity contribution in [2.75, 3.05) is 13.1 Å². The fourth-order valence-corrected chi connectivity index (χ4v) is 5.84. The molecule has 56 heavy (non-hydrogen) atoms. The fourth-order valence-electron chi connectivity index (χ4n) is 5.84. The normalized spacial score (nSPS) is 14.8. The number of carbonyl (C=O) groups excluding carboxylic acids is 3. The molecule has 0 saturated heterocycles. The minimum absolute atomic E-state index is 0.000783. The van der Waals surface area contributed by atoms with Gasteiger partial charge in [0.05, 0.1) is 19.5 Å². The molecule has 0 aliphatic carbocycles. The summed E-state index contributed by atoms with van der Waals surface area (Å²) in [7, 11) is 0. The van der Waals surface area contributed by atoms with E-state index in [4.69, 9.17) is 5.73 Å². The summed E-state index contributed by atoms with van der Waals surface area (Å²) >= 11 is 0. The highest BCUT2D eigenvalue weighted by atomic mass is 19.4. The number of hydrogen-bond donors (Lipinski definition) is 1. The number of aromatic nitrogens is 6. The zero-order chi connectivity index (χ0) is 41.3. The molecule has 12 nitrogen and oxygen atoms in total. The molecule has 0 spiro atoms. The van der Waals surface area contributed by atoms with Crippen molar-refractivity contribution in [1.29, 1.82) is 0 Å². The van der Waals surface area contributed by atoms with Crippen LogP contribution in [0.1, 0.15) is 47.3 Å². The van der Waals surface area contributed by atoms with Gasteiger partial charge in [0.1, 0.15) is 17.4 Å². The van der Waals surface area contributed by atoms with E-state index in [1.54, 1.807) is 0 Å². The third-order valence-electron chi connectivity index (χ3n) is 8.55. The monoisotopic (exact) mass is 813 g/mol. The molecule has 0 radical (unpaired) electrons. The van der Waals surface area contributed by atoms with E-state index in [0.717, 1.165) is 14.0 Å². The van der Waals surface area contributed by atoms with Crippen LogP contribution in [0.4, 0.5) is 52.7 Å². The van der Waals surface area contributed by atoms with Crippen molar-refractivity contribution < 1.29 is 67.1 Å². The average Bonchev–Trinajstić information content (AvgIpc) is 3.74. The zero-order valence-electron chi connectivity index (χ0n) is 28.4. The molecule has 2 amide bonds. The van der Waals surface area contributed by atoms with Crippen LogP contribution in [0.2, 0.25) is 0 Å². The quantitative estimate of drug-likeness (QED) is 0.158. The summed E-state index contributed by atoms with van der Waals surface area (Å²) in [6.45, 7) is -0.868. The highest BCUT2D eigenvalue weighted by Crippen LogP contribution is 2.31. The first-order valence-corrected chi connectivity index (χ1v) is 16.2. The number of amides is 2. The molecule has 4 aromatic rings. The number of benzene rings is 2. The van der Waals surface area contributed by atoms with E-state index < -0.39 is 101 Å². The molecule has 0 fully saturated rings. The Morgan fingerprint density at radius 2 is 1.04 bits per heavy atom. The fraction of sp³-hybridized carbons (Fsp3) is 0.406. The third kappa shape index (κ3) is 9.63. The van der Waals surface area contributed by atoms with Crippen LogP contribution in [0.3, 0.4) is 0 Å². The summed E-state index contributed by atoms with van der Waals surface area (Å²) in [6.07, 6.45) is -11.1. The summed E-state index contributed by atoms with van der Waals surface area (Å²) in [6, 6.07) is 1.02. The van der Waals surface area contributed by atoms with Crippen LogP contribution in [-0.2, 0) is 65.8 Å². The number of halogens is 12. The van der Waals surface area contributed by atoms with Crippen molar-refractivity contribution in [3.8, 4) is 0 Å². The molecule has 1 atom stereocenters. The van der Waals surface area contributed by atoms with Gasteiger partial charge in [0.25, 0.3) is 0 Å². The van der Waals surface area contributed by atoms with Crippen LogP contribution in [0.5, 0.6) is 0 Å². The summed E-state index contributed by atoms with van der Waals surface area (Å²) in [5.41, 5.74) is 5.24. The van der Waals surface area contributed by atoms with E-state index in [-0.39, 0.29) is 69.3 Å². The van der Waals surface area contributed by atoms with E-state index in [9.17, 15) is 67.1 Å². The van der Waals surface area contributed by atoms with Crippen LogP contribution in [-0.4, -0.2) is 76.1 Å². The summed E-state index contributed by atoms with van der Waals surface area (Å²) in [4.78, 5) is 39.0. The van der Waals surface area contributed by atoms with Crippen molar-refractivity contribution in [3.05, 3.63) is 93.6 Å². The molecular weight excluding hydrogens is 786 g/mol. The van der Waals surface area contributed by atoms with E-state index >= 15 is 0 Å². The largest absolute Gasteiger partial charge is 0.451 e. The number of hydrogen-bond acceptors (Lipinski definition) is 8. The van der Waals surface area contributed by atoms with Gasteiger partial charge in [-0.1, -0.05) is 0 Å². The number of alkyl halides is 6. The highest BCUT2D eigenvalue weighted by Gasteiger charge is 2.41. The number of carbonyl (C=O) groups is 3. The first-order chi connectivity index (χ1) is 26.1. The molecule has 0 bridgehead atoms. The Kier molecular flexibility index (Phi) is 12.1. The summed E-state index contributed by atoms with van der Waals surface area (Å²) in [5.74, 6) is -11.7. The van der Waals surface area contributed by atoms with Crippen molar-refractivity contribution in [3.63, 3.8) is 0 Å². The van der Waals surface area contributed by atoms with Gasteiger partial charge in [0.15, 0.2) is 34.9 Å². The number of rotatable bonds is 8. The van der Waals surface area contributed by atoms with E-state index in [1.807, 2.05) is 0 Å². The lowest BCUT2D eigenvalue weighted by atomic mass is 10.0. The summed E-state index contributed by atoms with van der Waals surface area (Å²) in [5, 5.41) is 13.1. The van der Waals surface area contributed by atoms with Crippen LogP contribution < -0.4 is 5.73 Å². The molecule has 2 N–H and O–H groups in total. The maximum Gasteiger partial charge on any atom is 0.451 e. The molecule has 0 unspecified atom stereocenters. The maximum absolute atomic E-state index is 13.7. The van der Waals surface area contributed by atoms with Crippen LogP contribution >= 0.6 is 0 Å². The lowest BCUT2D eigenvalue weighted by Crippen LogP contribution is -2.42. The van der Waals surface area contributed by atoms with Crippen molar-refractivity contribution >= 4 is 17.6 Å². The van der Waals surface area contributed by atoms with Gasteiger partial charge < -0.3 is 24.7 Å². The number of fused-ring (bicyclic) bond motifs is 2. The van der Waals surface area contributed by atoms with Crippen LogP contribution in [0.25, 0.3) is 0 Å². The molecule has 24 heteroatoms. The van der Waals surface area contributed by atoms with Crippen molar-refractivity contribution in [2.45, 2.75) is 70.3 Å². The molecular formula is C32H27F12N9O3. The lowest BCUT2D eigenvalue weighted by molar-refractivity contribution is -0.149. The Labute approximate surface area is 306 Å². The first kappa shape index (κ1) is 41.6. The zero-order valence-corrected chi connectivity index (χ0v) is 28.4. The van der Waals surface area contributed by atoms with Gasteiger partial charge in [0.2, 0.25) is 23.5 Å². The van der Waals surface area contributed by atoms with Crippen LogP contribution in [0, 0.1) is 34.9 Å². The van der Waals surface area contributed by atoms with Gasteiger partial charge in [0, 0.05) is 57.2 Å². The minimum atomic E-state index is -4.68. The molecule has 4 heterocycles. The molecule has 2 aliphatic heterocycles. The number of Topliss-reactive ketones (excluding diaryl/α,β-unsaturated/α-hetero) is 1. The molecule has 0 saturated carbocycles. The second-order valence-electron chi connectivity index (χ2n) is 12.6. The smallest absolute Gasteiger partial charge is 0.333 e. The van der Waals surface area contributed by atoms with Gasteiger partial charge in [-0.25, -0.2) is 26.3 Å². The maximum atomic E-state index is 13.7. The number of nitrogens with zero attached hydrogens (tertiary/aromatic N) is 8. The van der Waals surface area contributed by atoms with Gasteiger partial charge >= 0.3 is 12.4 Å². The average molecular weight is 814 g/mol. The molecule has 2 aliphatic rings. The van der Waals surface area contributed by atoms with Gasteiger partial charge in [-0.05, 0) is 29.7 Å². The van der Waals surface area contributed by atoms with E-state index in [2.05, 4.69) is 20.4 Å². The Morgan fingerprint density at radius 3 is 1.52 bits per heavy atom. The third-order valence-corrected chi connectivity index (χ3v) is 8.55. The molecule has 6 rings (SSSR count). The van der Waals surface area contributed by atoms with Crippen molar-refractivity contribution in [1.82, 2.24) is 39.3 Å². The highest BCUT2D eigenvalue weighted by molar-refractivity contribution is 5.98. The SMILES string of the molecule is N[C@@H](CC(=O)N1CCn2c(nnc2C(F)(F)F)C1)Cc1cc(F)c(F)cc1F.O=C(CC(=O)N1CCn2c(nnc2C(F)(F)F)C1)Cc1cc(F)c(F)cc1F. The second-order valence-corrected chi connectivity index (χ2v) is 12.6. The Hall–Kier alpha value is -5.55. The Balaban J connectivity index is 0.000000214. The lowest BCUT2D eigenvalue weighted by Gasteiger charge is -2.29. The van der Waals surface area contributed by atoms with E-state index in [1.165, 1.54) is 4.90 Å². The minimum Gasteiger partial charge on any atom is -0.333 e. The van der Waals surface area contributed by atoms with E-state index in [0.29, 0.717) is 24.3 Å². The second kappa shape index (κ2) is 16.3. The van der Waals surface area contributed by atoms with Crippen LogP contribution in [0.15, 0.2) is 24.3 Å². The van der Waals surface area contributed by atoms with Gasteiger partial charge in [-0.15, -0.1) is 20.4 Å².